The van der Waals surface area contributed by atoms with E-state index < -0.39 is 0 Å². The molecule has 0 saturated carbocycles. The minimum absolute atomic E-state index is 0.0181. The van der Waals surface area contributed by atoms with Gasteiger partial charge in [0.2, 0.25) is 5.91 Å². The second kappa shape index (κ2) is 11.3. The molecule has 5 nitrogen and oxygen atoms in total. The lowest BCUT2D eigenvalue weighted by Gasteiger charge is -2.17. The number of imidazole rings is 1. The van der Waals surface area contributed by atoms with Crippen molar-refractivity contribution in [3.63, 3.8) is 0 Å². The summed E-state index contributed by atoms with van der Waals surface area (Å²) >= 11 is 0. The highest BCUT2D eigenvalue weighted by atomic mass is 16.5. The molecule has 0 fully saturated rings. The zero-order valence-corrected chi connectivity index (χ0v) is 19.6. The molecule has 0 aliphatic rings. The molecule has 0 aliphatic carbocycles. The van der Waals surface area contributed by atoms with Gasteiger partial charge in [0.15, 0.2) is 0 Å². The summed E-state index contributed by atoms with van der Waals surface area (Å²) in [5.41, 5.74) is 4.22. The number of aromatic nitrogens is 2. The molecule has 34 heavy (non-hydrogen) atoms. The van der Waals surface area contributed by atoms with Gasteiger partial charge in [-0.25, -0.2) is 4.98 Å². The molecule has 0 bridgehead atoms. The fourth-order valence-corrected chi connectivity index (χ4v) is 4.16. The van der Waals surface area contributed by atoms with Crippen LogP contribution >= 0.6 is 0 Å². The van der Waals surface area contributed by atoms with Crippen LogP contribution in [0.3, 0.4) is 0 Å². The Hall–Kier alpha value is -3.86. The number of carbonyl (C=O) groups is 1. The minimum atomic E-state index is -0.219. The van der Waals surface area contributed by atoms with Gasteiger partial charge in [-0.1, -0.05) is 66.7 Å². The molecule has 4 rings (SSSR count). The molecule has 1 aromatic heterocycles. The highest BCUT2D eigenvalue weighted by Gasteiger charge is 2.18. The van der Waals surface area contributed by atoms with Gasteiger partial charge in [0.1, 0.15) is 18.2 Å². The number of para-hydroxylation sites is 3. The van der Waals surface area contributed by atoms with Gasteiger partial charge in [0.25, 0.3) is 0 Å². The van der Waals surface area contributed by atoms with Crippen LogP contribution < -0.4 is 10.1 Å². The van der Waals surface area contributed by atoms with Crippen LogP contribution in [-0.2, 0) is 24.2 Å². The van der Waals surface area contributed by atoms with Gasteiger partial charge in [-0.15, -0.1) is 6.58 Å². The molecule has 3 aromatic carbocycles. The van der Waals surface area contributed by atoms with Crippen LogP contribution in [0.2, 0.25) is 0 Å². The van der Waals surface area contributed by atoms with E-state index in [2.05, 4.69) is 28.6 Å². The first-order valence-corrected chi connectivity index (χ1v) is 11.8. The first-order valence-electron chi connectivity index (χ1n) is 11.8. The van der Waals surface area contributed by atoms with Gasteiger partial charge in [0, 0.05) is 6.42 Å². The molecular weight excluding hydrogens is 422 g/mol. The SMILES string of the molecule is C=CCc1ccccc1OCCn1c(C(C)NC(=O)CCc2ccccc2)nc2ccccc21. The van der Waals surface area contributed by atoms with Crippen LogP contribution in [0.5, 0.6) is 5.75 Å². The first kappa shape index (κ1) is 23.3. The number of rotatable bonds is 11. The standard InChI is InChI=1S/C29H31N3O2/c1-3-11-24-14-7-10-17-27(24)34-21-20-32-26-16-9-8-15-25(26)31-29(32)22(2)30-28(33)19-18-23-12-5-4-6-13-23/h3-10,12-17,22H,1,11,18-21H2,2H3,(H,30,33). The van der Waals surface area contributed by atoms with E-state index in [9.17, 15) is 4.79 Å². The molecule has 0 spiro atoms. The third kappa shape index (κ3) is 5.73. The van der Waals surface area contributed by atoms with Crippen LogP contribution in [0.4, 0.5) is 0 Å². The molecule has 1 amide bonds. The number of fused-ring (bicyclic) bond motifs is 1. The maximum Gasteiger partial charge on any atom is 0.220 e. The molecule has 174 valence electrons. The number of allylic oxidation sites excluding steroid dienone is 1. The highest BCUT2D eigenvalue weighted by Crippen LogP contribution is 2.22. The van der Waals surface area contributed by atoms with Crippen molar-refractivity contribution < 1.29 is 9.53 Å². The van der Waals surface area contributed by atoms with E-state index in [1.165, 1.54) is 0 Å². The van der Waals surface area contributed by atoms with Gasteiger partial charge < -0.3 is 14.6 Å². The smallest absolute Gasteiger partial charge is 0.220 e. The minimum Gasteiger partial charge on any atom is -0.491 e. The van der Waals surface area contributed by atoms with E-state index in [1.54, 1.807) is 0 Å². The fraction of sp³-hybridized carbons (Fsp3) is 0.241. The number of nitrogens with one attached hydrogen (secondary N) is 1. The van der Waals surface area contributed by atoms with Gasteiger partial charge in [-0.2, -0.15) is 0 Å². The number of ether oxygens (including phenoxy) is 1. The maximum atomic E-state index is 12.6. The Morgan fingerprint density at radius 3 is 2.62 bits per heavy atom. The highest BCUT2D eigenvalue weighted by molar-refractivity contribution is 5.78. The Morgan fingerprint density at radius 1 is 1.06 bits per heavy atom. The van der Waals surface area contributed by atoms with E-state index >= 15 is 0 Å². The van der Waals surface area contributed by atoms with Crippen LogP contribution in [-0.4, -0.2) is 22.1 Å². The fourth-order valence-electron chi connectivity index (χ4n) is 4.16. The van der Waals surface area contributed by atoms with Crippen molar-refractivity contribution in [2.45, 2.75) is 38.8 Å². The normalized spacial score (nSPS) is 11.8. The molecule has 1 unspecified atom stereocenters. The number of benzene rings is 3. The third-order valence-electron chi connectivity index (χ3n) is 5.84. The molecule has 0 saturated heterocycles. The summed E-state index contributed by atoms with van der Waals surface area (Å²) in [4.78, 5) is 17.5. The van der Waals surface area contributed by atoms with Crippen molar-refractivity contribution in [1.82, 2.24) is 14.9 Å². The molecule has 1 heterocycles. The summed E-state index contributed by atoms with van der Waals surface area (Å²) in [6.45, 7) is 6.94. The van der Waals surface area contributed by atoms with Crippen molar-refractivity contribution in [3.05, 3.63) is 108 Å². The van der Waals surface area contributed by atoms with Gasteiger partial charge in [-0.05, 0) is 49.1 Å². The Balaban J connectivity index is 1.45. The van der Waals surface area contributed by atoms with E-state index in [1.807, 2.05) is 79.7 Å². The second-order valence-corrected chi connectivity index (χ2v) is 8.33. The average molecular weight is 454 g/mol. The summed E-state index contributed by atoms with van der Waals surface area (Å²) in [5, 5.41) is 3.13. The van der Waals surface area contributed by atoms with Crippen molar-refractivity contribution in [3.8, 4) is 5.75 Å². The summed E-state index contributed by atoms with van der Waals surface area (Å²) in [6.07, 6.45) is 3.80. The third-order valence-corrected chi connectivity index (χ3v) is 5.84. The monoisotopic (exact) mass is 453 g/mol. The Morgan fingerprint density at radius 2 is 1.79 bits per heavy atom. The molecule has 4 aromatic rings. The van der Waals surface area contributed by atoms with Crippen molar-refractivity contribution in [2.75, 3.05) is 6.61 Å². The lowest BCUT2D eigenvalue weighted by atomic mass is 10.1. The number of nitrogens with zero attached hydrogens (tertiary/aromatic N) is 2. The zero-order valence-electron chi connectivity index (χ0n) is 19.6. The van der Waals surface area contributed by atoms with Gasteiger partial charge >= 0.3 is 0 Å². The van der Waals surface area contributed by atoms with E-state index in [-0.39, 0.29) is 11.9 Å². The van der Waals surface area contributed by atoms with Crippen molar-refractivity contribution in [1.29, 1.82) is 0 Å². The van der Waals surface area contributed by atoms with Crippen LogP contribution in [0, 0.1) is 0 Å². The van der Waals surface area contributed by atoms with Crippen LogP contribution in [0.15, 0.2) is 91.5 Å². The number of aryl methyl sites for hydroxylation is 1. The lowest BCUT2D eigenvalue weighted by molar-refractivity contribution is -0.121. The predicted octanol–water partition coefficient (Wildman–Crippen LogP) is 5.65. The summed E-state index contributed by atoms with van der Waals surface area (Å²) < 4.78 is 8.28. The summed E-state index contributed by atoms with van der Waals surface area (Å²) in [6, 6.07) is 25.9. The van der Waals surface area contributed by atoms with E-state index in [0.29, 0.717) is 26.0 Å². The molecule has 1 N–H and O–H groups in total. The Labute approximate surface area is 201 Å². The number of amides is 1. The van der Waals surface area contributed by atoms with E-state index in [0.717, 1.165) is 40.2 Å². The first-order chi connectivity index (χ1) is 16.7. The van der Waals surface area contributed by atoms with Gasteiger partial charge in [0.05, 0.1) is 23.6 Å². The molecule has 1 atom stereocenters. The average Bonchev–Trinajstić information content (AvgIpc) is 3.23. The molecular formula is C29H31N3O2. The molecule has 0 radical (unpaired) electrons. The number of hydrogen-bond acceptors (Lipinski definition) is 3. The quantitative estimate of drug-likeness (QED) is 0.298. The molecule has 5 heteroatoms. The largest absolute Gasteiger partial charge is 0.491 e. The predicted molar refractivity (Wildman–Crippen MR) is 137 cm³/mol. The maximum absolute atomic E-state index is 12.6. The number of hydrogen-bond donors (Lipinski definition) is 1. The topological polar surface area (TPSA) is 56.1 Å². The van der Waals surface area contributed by atoms with E-state index in [4.69, 9.17) is 9.72 Å². The molecule has 0 aliphatic heterocycles. The van der Waals surface area contributed by atoms with Crippen molar-refractivity contribution in [2.24, 2.45) is 0 Å². The summed E-state index contributed by atoms with van der Waals surface area (Å²) in [5.74, 6) is 1.72. The van der Waals surface area contributed by atoms with Crippen molar-refractivity contribution >= 4 is 16.9 Å². The summed E-state index contributed by atoms with van der Waals surface area (Å²) in [7, 11) is 0. The number of carbonyl (C=O) groups excluding carboxylic acids is 1. The van der Waals surface area contributed by atoms with Gasteiger partial charge in [-0.3, -0.25) is 4.79 Å². The van der Waals surface area contributed by atoms with Crippen LogP contribution in [0.25, 0.3) is 11.0 Å². The Bertz CT molecular complexity index is 1250. The second-order valence-electron chi connectivity index (χ2n) is 8.33. The van der Waals surface area contributed by atoms with Crippen LogP contribution in [0.1, 0.15) is 36.3 Å². The Kier molecular flexibility index (Phi) is 7.76. The zero-order chi connectivity index (χ0) is 23.8. The lowest BCUT2D eigenvalue weighted by Crippen LogP contribution is -2.29.